The lowest BCUT2D eigenvalue weighted by atomic mass is 9.86. The van der Waals surface area contributed by atoms with Crippen molar-refractivity contribution in [2.24, 2.45) is 5.92 Å². The number of aromatic nitrogens is 2. The van der Waals surface area contributed by atoms with Gasteiger partial charge in [0.05, 0.1) is 28.2 Å². The number of carbonyl (C=O) groups is 2. The molecule has 0 aliphatic carbocycles. The molecule has 3 unspecified atom stereocenters. The fourth-order valence-corrected chi connectivity index (χ4v) is 6.84. The third-order valence-electron chi connectivity index (χ3n) is 7.07. The number of rotatable bonds is 5. The largest absolute Gasteiger partial charge is 0.437 e. The van der Waals surface area contributed by atoms with Gasteiger partial charge in [-0.2, -0.15) is 0 Å². The van der Waals surface area contributed by atoms with Gasteiger partial charge in [-0.1, -0.05) is 30.0 Å². The lowest BCUT2D eigenvalue weighted by Gasteiger charge is -2.45. The van der Waals surface area contributed by atoms with E-state index < -0.39 is 0 Å². The number of thioether (sulfide) groups is 1. The summed E-state index contributed by atoms with van der Waals surface area (Å²) in [6.07, 6.45) is 4.30. The first-order valence-electron chi connectivity index (χ1n) is 12.4. The maximum absolute atomic E-state index is 13.4. The number of para-hydroxylation sites is 1. The van der Waals surface area contributed by atoms with Crippen LogP contribution in [0.2, 0.25) is 0 Å². The van der Waals surface area contributed by atoms with Gasteiger partial charge in [0.25, 0.3) is 5.91 Å². The van der Waals surface area contributed by atoms with Crippen LogP contribution in [0.1, 0.15) is 25.0 Å². The second-order valence-corrected chi connectivity index (χ2v) is 10.6. The molecule has 3 fully saturated rings. The van der Waals surface area contributed by atoms with Crippen LogP contribution in [0.25, 0.3) is 0 Å². The molecule has 36 heavy (non-hydrogen) atoms. The summed E-state index contributed by atoms with van der Waals surface area (Å²) in [5, 5.41) is 13.1. The van der Waals surface area contributed by atoms with Gasteiger partial charge >= 0.3 is 6.03 Å². The number of piperidine rings is 2. The summed E-state index contributed by atoms with van der Waals surface area (Å²) >= 11 is 1.51. The Balaban J connectivity index is 1.25. The van der Waals surface area contributed by atoms with Crippen LogP contribution in [0.5, 0.6) is 11.6 Å². The molecular formula is C25H29N7O3S. The summed E-state index contributed by atoms with van der Waals surface area (Å²) in [5.74, 6) is 1.41. The van der Waals surface area contributed by atoms with E-state index >= 15 is 0 Å². The lowest BCUT2D eigenvalue weighted by Crippen LogP contribution is -2.62. The van der Waals surface area contributed by atoms with E-state index in [1.165, 1.54) is 11.8 Å². The van der Waals surface area contributed by atoms with E-state index in [2.05, 4.69) is 31.2 Å². The first kappa shape index (κ1) is 23.3. The zero-order valence-corrected chi connectivity index (χ0v) is 20.8. The maximum atomic E-state index is 13.4. The van der Waals surface area contributed by atoms with Gasteiger partial charge in [-0.05, 0) is 51.4 Å². The Bertz CT molecular complexity index is 1200. The summed E-state index contributed by atoms with van der Waals surface area (Å²) in [6.45, 7) is 4.34. The molecule has 10 nitrogen and oxygen atoms in total. The summed E-state index contributed by atoms with van der Waals surface area (Å²) in [6, 6.07) is 9.10. The topological polar surface area (TPSA) is 121 Å². The van der Waals surface area contributed by atoms with Gasteiger partial charge < -0.3 is 26.0 Å². The molecule has 188 valence electrons. The van der Waals surface area contributed by atoms with E-state index in [-0.39, 0.29) is 35.3 Å². The van der Waals surface area contributed by atoms with E-state index in [1.54, 1.807) is 11.1 Å². The van der Waals surface area contributed by atoms with Gasteiger partial charge in [0.1, 0.15) is 5.75 Å². The number of carbonyl (C=O) groups excluding carboxylic acids is 2. The number of nitrogens with zero attached hydrogens (tertiary/aromatic N) is 3. The number of aryl methyl sites for hydroxylation is 1. The van der Waals surface area contributed by atoms with Gasteiger partial charge in [0.15, 0.2) is 5.82 Å². The number of hydrogen-bond acceptors (Lipinski definition) is 8. The van der Waals surface area contributed by atoms with Crippen molar-refractivity contribution < 1.29 is 14.3 Å². The quantitative estimate of drug-likeness (QED) is 0.486. The van der Waals surface area contributed by atoms with Crippen LogP contribution in [0.15, 0.2) is 47.1 Å². The van der Waals surface area contributed by atoms with Crippen molar-refractivity contribution in [3.8, 4) is 11.6 Å². The predicted molar refractivity (Wildman–Crippen MR) is 137 cm³/mol. The Morgan fingerprint density at radius 2 is 2.08 bits per heavy atom. The van der Waals surface area contributed by atoms with E-state index in [4.69, 9.17) is 4.74 Å². The molecule has 0 bridgehead atoms. The van der Waals surface area contributed by atoms with Crippen LogP contribution < -0.4 is 30.9 Å². The minimum Gasteiger partial charge on any atom is -0.437 e. The molecule has 0 spiro atoms. The van der Waals surface area contributed by atoms with Crippen LogP contribution in [-0.2, 0) is 4.79 Å². The van der Waals surface area contributed by atoms with Crippen LogP contribution >= 0.6 is 11.8 Å². The van der Waals surface area contributed by atoms with Crippen molar-refractivity contribution >= 4 is 29.5 Å². The second kappa shape index (κ2) is 9.72. The molecule has 1 aromatic heterocycles. The van der Waals surface area contributed by atoms with Gasteiger partial charge in [-0.3, -0.25) is 9.69 Å². The molecule has 2 aromatic rings. The van der Waals surface area contributed by atoms with Crippen molar-refractivity contribution in [1.29, 1.82) is 0 Å². The van der Waals surface area contributed by atoms with Gasteiger partial charge in [0, 0.05) is 24.2 Å². The minimum atomic E-state index is -0.284. The van der Waals surface area contributed by atoms with Crippen LogP contribution in [0.3, 0.4) is 0 Å². The number of amides is 3. The highest BCUT2D eigenvalue weighted by Crippen LogP contribution is 2.48. The molecule has 1 aromatic carbocycles. The number of benzene rings is 1. The smallest absolute Gasteiger partial charge is 0.327 e. The van der Waals surface area contributed by atoms with Crippen molar-refractivity contribution in [1.82, 2.24) is 31.2 Å². The zero-order chi connectivity index (χ0) is 24.6. The summed E-state index contributed by atoms with van der Waals surface area (Å²) in [4.78, 5) is 38.1. The summed E-state index contributed by atoms with van der Waals surface area (Å²) in [5.41, 5.74) is 1.33. The van der Waals surface area contributed by atoms with E-state index in [9.17, 15) is 9.59 Å². The number of urea groups is 1. The highest BCUT2D eigenvalue weighted by molar-refractivity contribution is 8.04. The van der Waals surface area contributed by atoms with Crippen molar-refractivity contribution in [2.75, 3.05) is 24.5 Å². The van der Waals surface area contributed by atoms with Gasteiger partial charge in [-0.15, -0.1) is 0 Å². The Hall–Kier alpha value is -3.15. The third-order valence-corrected chi connectivity index (χ3v) is 8.43. The highest BCUT2D eigenvalue weighted by Gasteiger charge is 2.52. The molecule has 4 aliphatic heterocycles. The molecule has 0 radical (unpaired) electrons. The average Bonchev–Trinajstić information content (AvgIpc) is 3.26. The molecule has 3 amide bonds. The second-order valence-electron chi connectivity index (χ2n) is 9.47. The first-order chi connectivity index (χ1) is 17.6. The zero-order valence-electron chi connectivity index (χ0n) is 20.0. The van der Waals surface area contributed by atoms with Gasteiger partial charge in [-0.25, -0.2) is 14.8 Å². The summed E-state index contributed by atoms with van der Waals surface area (Å²) < 4.78 is 5.82. The first-order valence-corrected chi connectivity index (χ1v) is 13.3. The lowest BCUT2D eigenvalue weighted by molar-refractivity contribution is -0.117. The van der Waals surface area contributed by atoms with E-state index in [1.807, 2.05) is 37.3 Å². The van der Waals surface area contributed by atoms with Crippen LogP contribution in [-0.4, -0.2) is 59.0 Å². The minimum absolute atomic E-state index is 0.0148. The number of hydrogen-bond donors (Lipinski definition) is 4. The highest BCUT2D eigenvalue weighted by atomic mass is 32.2. The Morgan fingerprint density at radius 1 is 1.22 bits per heavy atom. The maximum Gasteiger partial charge on any atom is 0.327 e. The number of ether oxygens (including phenoxy) is 1. The van der Waals surface area contributed by atoms with Crippen molar-refractivity contribution in [3.63, 3.8) is 0 Å². The number of anilines is 1. The number of nitrogens with one attached hydrogen (secondary N) is 4. The molecule has 6 rings (SSSR count). The fraction of sp³-hybridized carbons (Fsp3) is 0.440. The Labute approximate surface area is 213 Å². The molecule has 4 atom stereocenters. The Kier molecular flexibility index (Phi) is 6.28. The van der Waals surface area contributed by atoms with Gasteiger partial charge in [0.2, 0.25) is 5.88 Å². The molecule has 5 heterocycles. The normalized spacial score (nSPS) is 27.4. The predicted octanol–water partition coefficient (Wildman–Crippen LogP) is 2.24. The molecule has 11 heteroatoms. The monoisotopic (exact) mass is 507 g/mol. The van der Waals surface area contributed by atoms with Crippen LogP contribution in [0.4, 0.5) is 10.6 Å². The average molecular weight is 508 g/mol. The molecule has 4 N–H and O–H groups in total. The molecular weight excluding hydrogens is 478 g/mol. The third kappa shape index (κ3) is 4.31. The van der Waals surface area contributed by atoms with Crippen molar-refractivity contribution in [2.45, 2.75) is 43.6 Å². The summed E-state index contributed by atoms with van der Waals surface area (Å²) in [7, 11) is 0. The standard InChI is InChI=1S/C25H29N7O3S/c1-14-22(28-13-18(29-14)35-16-7-3-2-4-8-16)32-17-9-11-27-24-19(17)20(31-25(32)34)21(36-24)23(33)30-15-6-5-10-26-12-15/h2-4,7-8,13,15,17,19,24,26-27H,5-6,9-12H2,1H3,(H,30,33)(H,31,34)/t15-,17?,19?,24?/m1/s1. The molecule has 3 saturated heterocycles. The fourth-order valence-electron chi connectivity index (χ4n) is 5.44. The Morgan fingerprint density at radius 3 is 2.86 bits per heavy atom. The van der Waals surface area contributed by atoms with Crippen LogP contribution in [0, 0.1) is 12.8 Å². The molecule has 4 aliphatic rings. The SMILES string of the molecule is Cc1nc(Oc2ccccc2)cnc1N1C(=O)NC2=C(C(=O)N[C@@H]3CCCNC3)SC3NCCC1C23. The van der Waals surface area contributed by atoms with Crippen molar-refractivity contribution in [3.05, 3.63) is 52.8 Å². The molecule has 0 saturated carbocycles. The van der Waals surface area contributed by atoms with E-state index in [0.717, 1.165) is 44.6 Å². The van der Waals surface area contributed by atoms with E-state index in [0.29, 0.717) is 28.0 Å².